The molecule has 0 aliphatic carbocycles. The van der Waals surface area contributed by atoms with Crippen LogP contribution in [-0.2, 0) is 22.6 Å². The lowest BCUT2D eigenvalue weighted by Crippen LogP contribution is -2.31. The summed E-state index contributed by atoms with van der Waals surface area (Å²) in [7, 11) is 0. The van der Waals surface area contributed by atoms with E-state index in [1.165, 1.54) is 4.90 Å². The number of benzene rings is 1. The Morgan fingerprint density at radius 3 is 2.72 bits per heavy atom. The second kappa shape index (κ2) is 6.64. The zero-order chi connectivity index (χ0) is 17.2. The number of nitrogens with one attached hydrogen (secondary N) is 1. The number of amides is 3. The smallest absolute Gasteiger partial charge is 0.325 e. The van der Waals surface area contributed by atoms with Gasteiger partial charge in [-0.05, 0) is 12.0 Å². The number of rotatable bonds is 5. The Balaban J connectivity index is 1.62. The third-order valence-corrected chi connectivity index (χ3v) is 4.47. The zero-order valence-corrected chi connectivity index (χ0v) is 13.7. The van der Waals surface area contributed by atoms with Gasteiger partial charge in [0.25, 0.3) is 0 Å². The van der Waals surface area contributed by atoms with Gasteiger partial charge in [-0.1, -0.05) is 30.3 Å². The number of hydrogen-bond donors (Lipinski definition) is 1. The van der Waals surface area contributed by atoms with Crippen LogP contribution in [0.4, 0.5) is 4.79 Å². The average molecular weight is 341 g/mol. The molecule has 2 saturated heterocycles. The van der Waals surface area contributed by atoms with E-state index in [2.05, 4.69) is 15.4 Å². The van der Waals surface area contributed by atoms with Crippen molar-refractivity contribution < 1.29 is 14.3 Å². The van der Waals surface area contributed by atoms with Crippen molar-refractivity contribution in [2.24, 2.45) is 0 Å². The van der Waals surface area contributed by atoms with Crippen LogP contribution in [0.15, 0.2) is 30.3 Å². The van der Waals surface area contributed by atoms with Gasteiger partial charge in [-0.25, -0.2) is 14.5 Å². The summed E-state index contributed by atoms with van der Waals surface area (Å²) in [6.07, 6.45) is 0.887. The van der Waals surface area contributed by atoms with Gasteiger partial charge >= 0.3 is 6.03 Å². The molecule has 8 nitrogen and oxygen atoms in total. The van der Waals surface area contributed by atoms with Crippen LogP contribution < -0.4 is 5.32 Å². The van der Waals surface area contributed by atoms with Crippen molar-refractivity contribution in [2.45, 2.75) is 25.4 Å². The summed E-state index contributed by atoms with van der Waals surface area (Å²) in [4.78, 5) is 29.5. The highest BCUT2D eigenvalue weighted by atomic mass is 16.5. The third-order valence-electron chi connectivity index (χ3n) is 4.47. The predicted octanol–water partition coefficient (Wildman–Crippen LogP) is 0.882. The van der Waals surface area contributed by atoms with Crippen molar-refractivity contribution in [1.82, 2.24) is 25.0 Å². The second-order valence-corrected chi connectivity index (χ2v) is 6.23. The quantitative estimate of drug-likeness (QED) is 0.816. The van der Waals surface area contributed by atoms with E-state index in [4.69, 9.17) is 4.74 Å². The Bertz CT molecular complexity index is 767. The number of hydrogen-bond acceptors (Lipinski definition) is 5. The van der Waals surface area contributed by atoms with E-state index in [-0.39, 0.29) is 30.9 Å². The van der Waals surface area contributed by atoms with E-state index in [0.29, 0.717) is 25.6 Å². The first-order valence-corrected chi connectivity index (χ1v) is 8.34. The first kappa shape index (κ1) is 15.8. The molecule has 3 heterocycles. The molecule has 1 aromatic heterocycles. The van der Waals surface area contributed by atoms with Gasteiger partial charge in [-0.2, -0.15) is 5.10 Å². The Morgan fingerprint density at radius 2 is 2.04 bits per heavy atom. The third kappa shape index (κ3) is 3.25. The van der Waals surface area contributed by atoms with Crippen molar-refractivity contribution in [2.75, 3.05) is 19.8 Å². The molecule has 1 atom stereocenters. The molecule has 1 aromatic carbocycles. The number of ether oxygens (including phenoxy) is 1. The highest BCUT2D eigenvalue weighted by molar-refractivity contribution is 6.01. The Kier molecular flexibility index (Phi) is 4.19. The molecule has 0 unspecified atom stereocenters. The molecule has 0 saturated carbocycles. The summed E-state index contributed by atoms with van der Waals surface area (Å²) in [6.45, 7) is 2.02. The Labute approximate surface area is 144 Å². The molecule has 0 bridgehead atoms. The molecule has 0 spiro atoms. The van der Waals surface area contributed by atoms with Crippen LogP contribution in [-0.4, -0.2) is 51.4 Å². The van der Waals surface area contributed by atoms with Crippen LogP contribution >= 0.6 is 0 Å². The lowest BCUT2D eigenvalue weighted by Gasteiger charge is -2.12. The van der Waals surface area contributed by atoms with Gasteiger partial charge in [0.15, 0.2) is 5.82 Å². The molecule has 4 rings (SSSR count). The van der Waals surface area contributed by atoms with Gasteiger partial charge in [0.2, 0.25) is 5.91 Å². The topological polar surface area (TPSA) is 89.3 Å². The minimum Gasteiger partial charge on any atom is -0.381 e. The molecule has 2 aliphatic rings. The highest BCUT2D eigenvalue weighted by Crippen LogP contribution is 2.23. The first-order valence-electron chi connectivity index (χ1n) is 8.34. The fraction of sp³-hybridized carbons (Fsp3) is 0.412. The van der Waals surface area contributed by atoms with Crippen molar-refractivity contribution in [1.29, 1.82) is 0 Å². The van der Waals surface area contributed by atoms with Gasteiger partial charge < -0.3 is 10.1 Å². The second-order valence-electron chi connectivity index (χ2n) is 6.23. The lowest BCUT2D eigenvalue weighted by atomic mass is 10.1. The maximum atomic E-state index is 11.9. The Morgan fingerprint density at radius 1 is 1.20 bits per heavy atom. The van der Waals surface area contributed by atoms with Crippen molar-refractivity contribution >= 4 is 11.9 Å². The van der Waals surface area contributed by atoms with Crippen LogP contribution in [0, 0.1) is 0 Å². The summed E-state index contributed by atoms with van der Waals surface area (Å²) in [5.74, 6) is 1.25. The van der Waals surface area contributed by atoms with Crippen molar-refractivity contribution in [3.8, 4) is 0 Å². The van der Waals surface area contributed by atoms with Gasteiger partial charge in [0.1, 0.15) is 5.82 Å². The summed E-state index contributed by atoms with van der Waals surface area (Å²) >= 11 is 0. The number of nitrogens with zero attached hydrogens (tertiary/aromatic N) is 4. The van der Waals surface area contributed by atoms with Crippen molar-refractivity contribution in [3.05, 3.63) is 47.5 Å². The summed E-state index contributed by atoms with van der Waals surface area (Å²) in [6, 6.07) is 9.53. The molecule has 3 amide bonds. The maximum Gasteiger partial charge on any atom is 0.325 e. The minimum atomic E-state index is -0.384. The molecule has 2 aromatic rings. The fourth-order valence-corrected chi connectivity index (χ4v) is 3.06. The number of aromatic nitrogens is 3. The zero-order valence-electron chi connectivity index (χ0n) is 13.7. The summed E-state index contributed by atoms with van der Waals surface area (Å²) in [5, 5.41) is 7.17. The summed E-state index contributed by atoms with van der Waals surface area (Å²) < 4.78 is 7.21. The van der Waals surface area contributed by atoms with Crippen LogP contribution in [0.25, 0.3) is 0 Å². The number of carbonyl (C=O) groups is 2. The average Bonchev–Trinajstić information content (AvgIpc) is 3.34. The van der Waals surface area contributed by atoms with E-state index in [1.54, 1.807) is 4.68 Å². The van der Waals surface area contributed by atoms with Crippen LogP contribution in [0.2, 0.25) is 0 Å². The van der Waals surface area contributed by atoms with Crippen LogP contribution in [0.3, 0.4) is 0 Å². The van der Waals surface area contributed by atoms with Gasteiger partial charge in [-0.3, -0.25) is 9.69 Å². The monoisotopic (exact) mass is 341 g/mol. The molecule has 0 radical (unpaired) electrons. The van der Waals surface area contributed by atoms with E-state index in [1.807, 2.05) is 30.3 Å². The normalized spacial score (nSPS) is 20.3. The molecule has 2 fully saturated rings. The van der Waals surface area contributed by atoms with E-state index < -0.39 is 0 Å². The lowest BCUT2D eigenvalue weighted by molar-refractivity contribution is -0.125. The van der Waals surface area contributed by atoms with Crippen LogP contribution in [0.5, 0.6) is 0 Å². The molecular weight excluding hydrogens is 322 g/mol. The van der Waals surface area contributed by atoms with E-state index >= 15 is 0 Å². The highest BCUT2D eigenvalue weighted by Gasteiger charge is 2.31. The Hall–Kier alpha value is -2.74. The molecule has 25 heavy (non-hydrogen) atoms. The van der Waals surface area contributed by atoms with Crippen LogP contribution in [0.1, 0.15) is 29.6 Å². The largest absolute Gasteiger partial charge is 0.381 e. The molecule has 1 N–H and O–H groups in total. The van der Waals surface area contributed by atoms with Crippen molar-refractivity contribution in [3.63, 3.8) is 0 Å². The molecule has 130 valence electrons. The number of imide groups is 1. The van der Waals surface area contributed by atoms with E-state index in [9.17, 15) is 9.59 Å². The standard InChI is InChI=1S/C17H19N5O3/c23-15-8-18-17(24)21(15)10-14-19-16(13-6-7-25-11-13)20-22(14)9-12-4-2-1-3-5-12/h1-5,13H,6-11H2,(H,18,24)/t13-/m1/s1. The fourth-order valence-electron chi connectivity index (χ4n) is 3.06. The number of urea groups is 1. The van der Waals surface area contributed by atoms with Gasteiger partial charge in [0.05, 0.1) is 26.2 Å². The SMILES string of the molecule is O=C1CNC(=O)N1Cc1nc([C@@H]2CCOC2)nn1Cc1ccccc1. The maximum absolute atomic E-state index is 11.9. The molecular formula is C17H19N5O3. The summed E-state index contributed by atoms with van der Waals surface area (Å²) in [5.41, 5.74) is 1.08. The molecule has 2 aliphatic heterocycles. The first-order chi connectivity index (χ1) is 12.2. The molecule has 8 heteroatoms. The minimum absolute atomic E-state index is 0.0367. The van der Waals surface area contributed by atoms with Gasteiger partial charge in [-0.15, -0.1) is 0 Å². The number of carbonyl (C=O) groups excluding carboxylic acids is 2. The predicted molar refractivity (Wildman–Crippen MR) is 87.7 cm³/mol. The van der Waals surface area contributed by atoms with E-state index in [0.717, 1.165) is 17.8 Å². The van der Waals surface area contributed by atoms with Gasteiger partial charge in [0, 0.05) is 12.5 Å².